The maximum atomic E-state index is 11.1. The molecule has 0 unspecified atom stereocenters. The quantitative estimate of drug-likeness (QED) is 0.571. The fraction of sp³-hybridized carbons (Fsp3) is 0.364. The maximum absolute atomic E-state index is 11.1. The topological polar surface area (TPSA) is 49.8 Å². The lowest BCUT2D eigenvalue weighted by Crippen LogP contribution is -2.26. The summed E-state index contributed by atoms with van der Waals surface area (Å²) in [5, 5.41) is 9.28. The summed E-state index contributed by atoms with van der Waals surface area (Å²) in [6.07, 6.45) is -0.789. The molecule has 0 heterocycles. The zero-order valence-electron chi connectivity index (χ0n) is 9.37. The Morgan fingerprint density at radius 2 is 1.93 bits per heavy atom. The van der Waals surface area contributed by atoms with Crippen LogP contribution in [0.5, 0.6) is 5.75 Å². The zero-order valence-corrected chi connectivity index (χ0v) is 9.37. The van der Waals surface area contributed by atoms with Crippen LogP contribution in [0.25, 0.3) is 0 Å². The van der Waals surface area contributed by atoms with E-state index >= 15 is 0 Å². The summed E-state index contributed by atoms with van der Waals surface area (Å²) >= 11 is 0. The highest BCUT2D eigenvalue weighted by Crippen LogP contribution is 2.23. The van der Waals surface area contributed by atoms with Gasteiger partial charge in [0.2, 0.25) is 0 Å². The second-order valence-corrected chi connectivity index (χ2v) is 3.60. The minimum absolute atomic E-state index is 0.414. The van der Waals surface area contributed by atoms with Crippen LogP contribution < -0.4 is 4.74 Å². The van der Waals surface area contributed by atoms with Crippen molar-refractivity contribution >= 4 is 6.09 Å². The molecular formula is C11H15NO3. The van der Waals surface area contributed by atoms with Crippen molar-refractivity contribution in [3.05, 3.63) is 28.8 Å². The average molecular weight is 209 g/mol. The minimum atomic E-state index is -0.789. The van der Waals surface area contributed by atoms with E-state index < -0.39 is 6.09 Å². The number of rotatable bonds is 1. The first-order valence-corrected chi connectivity index (χ1v) is 4.64. The normalized spacial score (nSPS) is 9.93. The first-order valence-electron chi connectivity index (χ1n) is 4.64. The van der Waals surface area contributed by atoms with Crippen molar-refractivity contribution in [1.82, 2.24) is 5.06 Å². The van der Waals surface area contributed by atoms with E-state index in [0.29, 0.717) is 10.8 Å². The Bertz CT molecular complexity index is 386. The molecule has 4 heteroatoms. The summed E-state index contributed by atoms with van der Waals surface area (Å²) < 4.78 is 5.01. The monoisotopic (exact) mass is 209 g/mol. The highest BCUT2D eigenvalue weighted by molar-refractivity contribution is 5.69. The highest BCUT2D eigenvalue weighted by Gasteiger charge is 2.11. The van der Waals surface area contributed by atoms with Gasteiger partial charge < -0.3 is 4.74 Å². The lowest BCUT2D eigenvalue weighted by atomic mass is 10.1. The van der Waals surface area contributed by atoms with Crippen molar-refractivity contribution < 1.29 is 14.7 Å². The molecule has 0 fully saturated rings. The third-order valence-electron chi connectivity index (χ3n) is 2.23. The van der Waals surface area contributed by atoms with Gasteiger partial charge in [-0.1, -0.05) is 6.07 Å². The molecule has 0 saturated heterocycles. The van der Waals surface area contributed by atoms with Crippen LogP contribution in [-0.4, -0.2) is 23.4 Å². The van der Waals surface area contributed by atoms with Gasteiger partial charge in [-0.15, -0.1) is 0 Å². The van der Waals surface area contributed by atoms with Crippen LogP contribution in [0.3, 0.4) is 0 Å². The third kappa shape index (κ3) is 2.70. The molecule has 0 aromatic heterocycles. The Hall–Kier alpha value is -1.55. The van der Waals surface area contributed by atoms with Crippen molar-refractivity contribution in [3.8, 4) is 5.75 Å². The fourth-order valence-corrected chi connectivity index (χ4v) is 1.27. The van der Waals surface area contributed by atoms with Crippen LogP contribution in [0.1, 0.15) is 16.7 Å². The van der Waals surface area contributed by atoms with Crippen molar-refractivity contribution in [2.75, 3.05) is 7.05 Å². The van der Waals surface area contributed by atoms with Crippen LogP contribution in [0, 0.1) is 20.8 Å². The summed E-state index contributed by atoms with van der Waals surface area (Å²) in [6, 6.07) is 3.78. The fourth-order valence-electron chi connectivity index (χ4n) is 1.27. The van der Waals surface area contributed by atoms with E-state index in [4.69, 9.17) is 9.94 Å². The number of ether oxygens (including phenoxy) is 1. The number of hydroxylamine groups is 2. The predicted molar refractivity (Wildman–Crippen MR) is 56.2 cm³/mol. The first-order chi connectivity index (χ1) is 6.91. The summed E-state index contributed by atoms with van der Waals surface area (Å²) in [4.78, 5) is 11.1. The van der Waals surface area contributed by atoms with Gasteiger partial charge in [-0.25, -0.2) is 4.79 Å². The molecule has 0 spiro atoms. The number of hydrogen-bond donors (Lipinski definition) is 1. The molecule has 1 amide bonds. The molecule has 1 aromatic carbocycles. The highest BCUT2D eigenvalue weighted by atomic mass is 16.6. The number of aryl methyl sites for hydroxylation is 2. The molecule has 1 rings (SSSR count). The zero-order chi connectivity index (χ0) is 11.6. The Kier molecular flexibility index (Phi) is 3.31. The van der Waals surface area contributed by atoms with E-state index in [-0.39, 0.29) is 0 Å². The van der Waals surface area contributed by atoms with Gasteiger partial charge >= 0.3 is 6.09 Å². The average Bonchev–Trinajstić information content (AvgIpc) is 2.13. The standard InChI is InChI=1S/C11H15NO3/c1-7-5-8(2)9(3)10(6-7)15-11(13)12(4)14/h5-6,14H,1-4H3. The van der Waals surface area contributed by atoms with Gasteiger partial charge in [-0.05, 0) is 43.5 Å². The van der Waals surface area contributed by atoms with Crippen LogP contribution >= 0.6 is 0 Å². The van der Waals surface area contributed by atoms with Crippen molar-refractivity contribution in [2.24, 2.45) is 0 Å². The molecule has 1 N–H and O–H groups in total. The second kappa shape index (κ2) is 4.31. The number of benzene rings is 1. The molecular weight excluding hydrogens is 194 g/mol. The van der Waals surface area contributed by atoms with Crippen molar-refractivity contribution in [2.45, 2.75) is 20.8 Å². The molecule has 4 nitrogen and oxygen atoms in total. The van der Waals surface area contributed by atoms with E-state index in [1.807, 2.05) is 26.8 Å². The van der Waals surface area contributed by atoms with E-state index in [9.17, 15) is 4.79 Å². The lowest BCUT2D eigenvalue weighted by Gasteiger charge is -2.13. The smallest absolute Gasteiger partial charge is 0.408 e. The Balaban J connectivity index is 2.99. The lowest BCUT2D eigenvalue weighted by molar-refractivity contribution is -0.0372. The second-order valence-electron chi connectivity index (χ2n) is 3.60. The largest absolute Gasteiger partial charge is 0.438 e. The Morgan fingerprint density at radius 3 is 2.47 bits per heavy atom. The number of amides is 1. The maximum Gasteiger partial charge on any atom is 0.438 e. The summed E-state index contributed by atoms with van der Waals surface area (Å²) in [7, 11) is 1.22. The van der Waals surface area contributed by atoms with Gasteiger partial charge in [0.1, 0.15) is 5.75 Å². The van der Waals surface area contributed by atoms with Gasteiger partial charge in [-0.3, -0.25) is 5.21 Å². The van der Waals surface area contributed by atoms with E-state index in [1.54, 1.807) is 6.07 Å². The molecule has 0 radical (unpaired) electrons. The van der Waals surface area contributed by atoms with Crippen LogP contribution in [0.2, 0.25) is 0 Å². The first kappa shape index (κ1) is 11.5. The van der Waals surface area contributed by atoms with E-state index in [2.05, 4.69) is 0 Å². The molecule has 0 saturated carbocycles. The minimum Gasteiger partial charge on any atom is -0.408 e. The SMILES string of the molecule is Cc1cc(C)c(C)c(OC(=O)N(C)O)c1. The van der Waals surface area contributed by atoms with Gasteiger partial charge in [0, 0.05) is 7.05 Å². The number of carbonyl (C=O) groups excluding carboxylic acids is 1. The third-order valence-corrected chi connectivity index (χ3v) is 2.23. The molecule has 82 valence electrons. The van der Waals surface area contributed by atoms with Gasteiger partial charge in [0.15, 0.2) is 0 Å². The van der Waals surface area contributed by atoms with Gasteiger partial charge in [-0.2, -0.15) is 5.06 Å². The van der Waals surface area contributed by atoms with Crippen LogP contribution in [0.4, 0.5) is 4.79 Å². The molecule has 0 aliphatic rings. The van der Waals surface area contributed by atoms with E-state index in [1.165, 1.54) is 7.05 Å². The van der Waals surface area contributed by atoms with Gasteiger partial charge in [0.25, 0.3) is 0 Å². The van der Waals surface area contributed by atoms with Crippen LogP contribution in [0.15, 0.2) is 12.1 Å². The predicted octanol–water partition coefficient (Wildman–Crippen LogP) is 2.43. The molecule has 0 aliphatic carbocycles. The van der Waals surface area contributed by atoms with Gasteiger partial charge in [0.05, 0.1) is 0 Å². The molecule has 1 aromatic rings. The molecule has 0 aliphatic heterocycles. The van der Waals surface area contributed by atoms with Crippen molar-refractivity contribution in [3.63, 3.8) is 0 Å². The number of nitrogens with zero attached hydrogens (tertiary/aromatic N) is 1. The van der Waals surface area contributed by atoms with E-state index in [0.717, 1.165) is 16.7 Å². The summed E-state index contributed by atoms with van der Waals surface area (Å²) in [6.45, 7) is 5.74. The number of hydrogen-bond acceptors (Lipinski definition) is 3. The Morgan fingerprint density at radius 1 is 1.33 bits per heavy atom. The molecule has 15 heavy (non-hydrogen) atoms. The molecule has 0 bridgehead atoms. The molecule has 0 atom stereocenters. The Labute approximate surface area is 89.0 Å². The van der Waals surface area contributed by atoms with Crippen LogP contribution in [-0.2, 0) is 0 Å². The number of carbonyl (C=O) groups is 1. The van der Waals surface area contributed by atoms with Crippen molar-refractivity contribution in [1.29, 1.82) is 0 Å². The summed E-state index contributed by atoms with van der Waals surface area (Å²) in [5.41, 5.74) is 2.97. The summed E-state index contributed by atoms with van der Waals surface area (Å²) in [5.74, 6) is 0.485.